The smallest absolute Gasteiger partial charge is 0.326 e. The predicted molar refractivity (Wildman–Crippen MR) is 68.3 cm³/mol. The Bertz CT molecular complexity index is 450. The molecule has 0 radical (unpaired) electrons. The van der Waals surface area contributed by atoms with E-state index in [4.69, 9.17) is 16.7 Å². The van der Waals surface area contributed by atoms with E-state index in [0.717, 1.165) is 4.47 Å². The minimum Gasteiger partial charge on any atom is -0.480 e. The Labute approximate surface area is 112 Å². The summed E-state index contributed by atoms with van der Waals surface area (Å²) in [7, 11) is 0. The SMILES string of the molecule is CC[C@H](NC(=O)c1ccc(Br)cc1Cl)C(=O)O. The molecule has 0 aliphatic heterocycles. The molecule has 0 aromatic heterocycles. The van der Waals surface area contributed by atoms with E-state index in [0.29, 0.717) is 6.42 Å². The number of carboxylic acids is 1. The van der Waals surface area contributed by atoms with Crippen molar-refractivity contribution in [1.82, 2.24) is 5.32 Å². The molecule has 1 rings (SSSR count). The molecule has 1 amide bonds. The van der Waals surface area contributed by atoms with E-state index >= 15 is 0 Å². The first-order chi connectivity index (χ1) is 7.95. The van der Waals surface area contributed by atoms with Crippen molar-refractivity contribution < 1.29 is 14.7 Å². The molecule has 92 valence electrons. The predicted octanol–water partition coefficient (Wildman–Crippen LogP) is 2.70. The molecular weight excluding hydrogens is 309 g/mol. The summed E-state index contributed by atoms with van der Waals surface area (Å²) in [5, 5.41) is 11.5. The summed E-state index contributed by atoms with van der Waals surface area (Å²) in [4.78, 5) is 22.6. The summed E-state index contributed by atoms with van der Waals surface area (Å²) >= 11 is 9.12. The number of amides is 1. The fraction of sp³-hybridized carbons (Fsp3) is 0.273. The number of nitrogens with one attached hydrogen (secondary N) is 1. The van der Waals surface area contributed by atoms with Crippen LogP contribution in [0.5, 0.6) is 0 Å². The fourth-order valence-electron chi connectivity index (χ4n) is 1.25. The van der Waals surface area contributed by atoms with E-state index in [-0.39, 0.29) is 10.6 Å². The van der Waals surface area contributed by atoms with Gasteiger partial charge < -0.3 is 10.4 Å². The van der Waals surface area contributed by atoms with Crippen molar-refractivity contribution in [1.29, 1.82) is 0 Å². The minimum atomic E-state index is -1.06. The molecule has 0 bridgehead atoms. The van der Waals surface area contributed by atoms with E-state index in [2.05, 4.69) is 21.2 Å². The van der Waals surface area contributed by atoms with Gasteiger partial charge in [-0.2, -0.15) is 0 Å². The van der Waals surface area contributed by atoms with Crippen molar-refractivity contribution in [2.45, 2.75) is 19.4 Å². The van der Waals surface area contributed by atoms with Crippen LogP contribution in [0.2, 0.25) is 5.02 Å². The molecule has 0 aliphatic rings. The van der Waals surface area contributed by atoms with Gasteiger partial charge in [0.25, 0.3) is 5.91 Å². The lowest BCUT2D eigenvalue weighted by atomic mass is 10.1. The zero-order valence-electron chi connectivity index (χ0n) is 9.04. The molecule has 1 atom stereocenters. The standard InChI is InChI=1S/C11H11BrClNO3/c1-2-9(11(16)17)14-10(15)7-4-3-6(12)5-8(7)13/h3-5,9H,2H2,1H3,(H,14,15)(H,16,17)/t9-/m0/s1. The number of halogens is 2. The molecule has 0 saturated heterocycles. The van der Waals surface area contributed by atoms with Gasteiger partial charge in [-0.3, -0.25) is 4.79 Å². The Kier molecular flexibility index (Phi) is 4.96. The van der Waals surface area contributed by atoms with Crippen LogP contribution in [0.15, 0.2) is 22.7 Å². The third-order valence-corrected chi connectivity index (χ3v) is 2.99. The second-order valence-electron chi connectivity index (χ2n) is 3.40. The molecule has 0 unspecified atom stereocenters. The van der Waals surface area contributed by atoms with Gasteiger partial charge in [-0.1, -0.05) is 34.5 Å². The second kappa shape index (κ2) is 6.02. The summed E-state index contributed by atoms with van der Waals surface area (Å²) in [6.45, 7) is 1.68. The van der Waals surface area contributed by atoms with Gasteiger partial charge >= 0.3 is 5.97 Å². The summed E-state index contributed by atoms with van der Waals surface area (Å²) in [6, 6.07) is 3.89. The Hall–Kier alpha value is -1.07. The molecule has 1 aromatic rings. The topological polar surface area (TPSA) is 66.4 Å². The minimum absolute atomic E-state index is 0.259. The van der Waals surface area contributed by atoms with Gasteiger partial charge in [0, 0.05) is 4.47 Å². The van der Waals surface area contributed by atoms with Gasteiger partial charge in [0.1, 0.15) is 6.04 Å². The normalized spacial score (nSPS) is 11.9. The molecule has 6 heteroatoms. The van der Waals surface area contributed by atoms with Crippen LogP contribution in [0.1, 0.15) is 23.7 Å². The molecule has 0 fully saturated rings. The Morgan fingerprint density at radius 3 is 2.65 bits per heavy atom. The highest BCUT2D eigenvalue weighted by atomic mass is 79.9. The van der Waals surface area contributed by atoms with Gasteiger partial charge in [0.05, 0.1) is 10.6 Å². The van der Waals surface area contributed by atoms with Gasteiger partial charge in [-0.15, -0.1) is 0 Å². The lowest BCUT2D eigenvalue weighted by Crippen LogP contribution is -2.40. The molecular formula is C11H11BrClNO3. The maximum absolute atomic E-state index is 11.8. The summed E-state index contributed by atoms with van der Waals surface area (Å²) in [5.41, 5.74) is 0.259. The first-order valence-electron chi connectivity index (χ1n) is 4.94. The molecule has 1 aromatic carbocycles. The molecule has 0 saturated carbocycles. The maximum Gasteiger partial charge on any atom is 0.326 e. The van der Waals surface area contributed by atoms with E-state index in [1.165, 1.54) is 6.07 Å². The molecule has 0 heterocycles. The number of rotatable bonds is 4. The van der Waals surface area contributed by atoms with Gasteiger partial charge in [0.15, 0.2) is 0 Å². The summed E-state index contributed by atoms with van der Waals surface area (Å²) in [5.74, 6) is -1.55. The number of carbonyl (C=O) groups is 2. The van der Waals surface area contributed by atoms with E-state index in [9.17, 15) is 9.59 Å². The number of carboxylic acid groups (broad SMARTS) is 1. The van der Waals surface area contributed by atoms with Crippen LogP contribution in [-0.4, -0.2) is 23.0 Å². The van der Waals surface area contributed by atoms with Crippen molar-refractivity contribution in [3.05, 3.63) is 33.3 Å². The maximum atomic E-state index is 11.8. The van der Waals surface area contributed by atoms with Crippen molar-refractivity contribution >= 4 is 39.4 Å². The Morgan fingerprint density at radius 2 is 2.18 bits per heavy atom. The highest BCUT2D eigenvalue weighted by Crippen LogP contribution is 2.21. The lowest BCUT2D eigenvalue weighted by molar-refractivity contribution is -0.139. The Balaban J connectivity index is 2.86. The largest absolute Gasteiger partial charge is 0.480 e. The van der Waals surface area contributed by atoms with Crippen molar-refractivity contribution in [3.63, 3.8) is 0 Å². The van der Waals surface area contributed by atoms with Crippen LogP contribution >= 0.6 is 27.5 Å². The van der Waals surface area contributed by atoms with E-state index in [1.54, 1.807) is 19.1 Å². The highest BCUT2D eigenvalue weighted by Gasteiger charge is 2.19. The average molecular weight is 321 g/mol. The van der Waals surface area contributed by atoms with Gasteiger partial charge in [0.2, 0.25) is 0 Å². The lowest BCUT2D eigenvalue weighted by Gasteiger charge is -2.12. The molecule has 17 heavy (non-hydrogen) atoms. The third kappa shape index (κ3) is 3.71. The van der Waals surface area contributed by atoms with Crippen molar-refractivity contribution in [3.8, 4) is 0 Å². The number of hydrogen-bond acceptors (Lipinski definition) is 2. The zero-order chi connectivity index (χ0) is 13.0. The van der Waals surface area contributed by atoms with Crippen LogP contribution in [0.3, 0.4) is 0 Å². The van der Waals surface area contributed by atoms with Gasteiger partial charge in [-0.05, 0) is 24.6 Å². The van der Waals surface area contributed by atoms with Crippen LogP contribution in [0.4, 0.5) is 0 Å². The fourth-order valence-corrected chi connectivity index (χ4v) is 2.01. The second-order valence-corrected chi connectivity index (χ2v) is 4.72. The van der Waals surface area contributed by atoms with E-state index in [1.807, 2.05) is 0 Å². The molecule has 0 aliphatic carbocycles. The number of aliphatic carboxylic acids is 1. The third-order valence-electron chi connectivity index (χ3n) is 2.19. The molecule has 0 spiro atoms. The molecule has 4 nitrogen and oxygen atoms in total. The number of carbonyl (C=O) groups excluding carboxylic acids is 1. The number of hydrogen-bond donors (Lipinski definition) is 2. The van der Waals surface area contributed by atoms with Crippen LogP contribution in [0, 0.1) is 0 Å². The van der Waals surface area contributed by atoms with Crippen LogP contribution < -0.4 is 5.32 Å². The van der Waals surface area contributed by atoms with E-state index < -0.39 is 17.9 Å². The quantitative estimate of drug-likeness (QED) is 0.896. The number of benzene rings is 1. The summed E-state index contributed by atoms with van der Waals surface area (Å²) in [6.07, 6.45) is 0.315. The first-order valence-corrected chi connectivity index (χ1v) is 6.11. The highest BCUT2D eigenvalue weighted by molar-refractivity contribution is 9.10. The summed E-state index contributed by atoms with van der Waals surface area (Å²) < 4.78 is 0.754. The zero-order valence-corrected chi connectivity index (χ0v) is 11.4. The Morgan fingerprint density at radius 1 is 1.53 bits per heavy atom. The van der Waals surface area contributed by atoms with Crippen LogP contribution in [-0.2, 0) is 4.79 Å². The molecule has 2 N–H and O–H groups in total. The van der Waals surface area contributed by atoms with Crippen molar-refractivity contribution in [2.24, 2.45) is 0 Å². The monoisotopic (exact) mass is 319 g/mol. The average Bonchev–Trinajstić information content (AvgIpc) is 2.24. The van der Waals surface area contributed by atoms with Crippen LogP contribution in [0.25, 0.3) is 0 Å². The van der Waals surface area contributed by atoms with Gasteiger partial charge in [-0.25, -0.2) is 4.79 Å². The first kappa shape index (κ1) is 14.0. The van der Waals surface area contributed by atoms with Crippen molar-refractivity contribution in [2.75, 3.05) is 0 Å².